The van der Waals surface area contributed by atoms with Crippen LogP contribution in [0.3, 0.4) is 0 Å². The van der Waals surface area contributed by atoms with Gasteiger partial charge in [-0.1, -0.05) is 0 Å². The lowest BCUT2D eigenvalue weighted by Crippen LogP contribution is -2.34. The summed E-state index contributed by atoms with van der Waals surface area (Å²) >= 11 is 1.45. The SMILES string of the molecule is Cc1nc(C(=O)NC(C)CC(=O)O)c(C)s1. The number of carbonyl (C=O) groups excluding carboxylic acids is 1. The van der Waals surface area contributed by atoms with Crippen molar-refractivity contribution < 1.29 is 14.7 Å². The van der Waals surface area contributed by atoms with Gasteiger partial charge >= 0.3 is 5.97 Å². The molecule has 2 N–H and O–H groups in total. The zero-order valence-corrected chi connectivity index (χ0v) is 10.2. The third-order valence-electron chi connectivity index (χ3n) is 1.98. The first-order valence-electron chi connectivity index (χ1n) is 4.87. The molecule has 0 fully saturated rings. The van der Waals surface area contributed by atoms with Crippen LogP contribution in [0, 0.1) is 13.8 Å². The Morgan fingerprint density at radius 1 is 1.50 bits per heavy atom. The van der Waals surface area contributed by atoms with Crippen LogP contribution in [0.1, 0.15) is 33.7 Å². The van der Waals surface area contributed by atoms with Gasteiger partial charge in [-0.3, -0.25) is 9.59 Å². The van der Waals surface area contributed by atoms with Gasteiger partial charge in [0.2, 0.25) is 0 Å². The average Bonchev–Trinajstić information content (AvgIpc) is 2.43. The van der Waals surface area contributed by atoms with Crippen LogP contribution in [0.25, 0.3) is 0 Å². The molecule has 0 saturated carbocycles. The van der Waals surface area contributed by atoms with E-state index in [2.05, 4.69) is 10.3 Å². The highest BCUT2D eigenvalue weighted by Gasteiger charge is 2.17. The highest BCUT2D eigenvalue weighted by Crippen LogP contribution is 2.16. The molecular formula is C10H14N2O3S. The maximum Gasteiger partial charge on any atom is 0.305 e. The van der Waals surface area contributed by atoms with E-state index in [0.29, 0.717) is 5.69 Å². The largest absolute Gasteiger partial charge is 0.481 e. The topological polar surface area (TPSA) is 79.3 Å². The van der Waals surface area contributed by atoms with Crippen LogP contribution in [0.5, 0.6) is 0 Å². The van der Waals surface area contributed by atoms with Crippen molar-refractivity contribution in [1.29, 1.82) is 0 Å². The first-order valence-corrected chi connectivity index (χ1v) is 5.68. The molecule has 0 aliphatic carbocycles. The predicted molar refractivity (Wildman–Crippen MR) is 60.8 cm³/mol. The average molecular weight is 242 g/mol. The predicted octanol–water partition coefficient (Wildman–Crippen LogP) is 1.35. The fraction of sp³-hybridized carbons (Fsp3) is 0.500. The summed E-state index contributed by atoms with van der Waals surface area (Å²) in [6.45, 7) is 5.30. The molecule has 16 heavy (non-hydrogen) atoms. The molecule has 1 amide bonds. The number of hydrogen-bond donors (Lipinski definition) is 2. The van der Waals surface area contributed by atoms with Gasteiger partial charge in [0.1, 0.15) is 5.69 Å². The Morgan fingerprint density at radius 3 is 2.56 bits per heavy atom. The van der Waals surface area contributed by atoms with Crippen LogP contribution in [0.2, 0.25) is 0 Å². The summed E-state index contributed by atoms with van der Waals surface area (Å²) in [5, 5.41) is 12.0. The van der Waals surface area contributed by atoms with Crippen LogP contribution in [0.15, 0.2) is 0 Å². The molecule has 0 aromatic carbocycles. The van der Waals surface area contributed by atoms with Crippen molar-refractivity contribution in [2.75, 3.05) is 0 Å². The molecule has 1 unspecified atom stereocenters. The van der Waals surface area contributed by atoms with E-state index in [1.807, 2.05) is 13.8 Å². The molecule has 1 aromatic rings. The smallest absolute Gasteiger partial charge is 0.305 e. The summed E-state index contributed by atoms with van der Waals surface area (Å²) < 4.78 is 0. The quantitative estimate of drug-likeness (QED) is 0.835. The van der Waals surface area contributed by atoms with E-state index in [1.54, 1.807) is 6.92 Å². The maximum absolute atomic E-state index is 11.7. The lowest BCUT2D eigenvalue weighted by atomic mass is 10.2. The molecule has 1 heterocycles. The van der Waals surface area contributed by atoms with E-state index < -0.39 is 12.0 Å². The van der Waals surface area contributed by atoms with Gasteiger partial charge in [0.05, 0.1) is 11.4 Å². The van der Waals surface area contributed by atoms with Crippen LogP contribution in [-0.4, -0.2) is 28.0 Å². The van der Waals surface area contributed by atoms with Crippen molar-refractivity contribution in [3.8, 4) is 0 Å². The number of rotatable bonds is 4. The summed E-state index contributed by atoms with van der Waals surface area (Å²) in [6, 6.07) is -0.397. The summed E-state index contributed by atoms with van der Waals surface area (Å²) in [4.78, 5) is 27.1. The number of aliphatic carboxylic acids is 1. The maximum atomic E-state index is 11.7. The van der Waals surface area contributed by atoms with E-state index in [-0.39, 0.29) is 12.3 Å². The van der Waals surface area contributed by atoms with Crippen LogP contribution < -0.4 is 5.32 Å². The number of hydrogen-bond acceptors (Lipinski definition) is 4. The van der Waals surface area contributed by atoms with Crippen molar-refractivity contribution in [2.45, 2.75) is 33.2 Å². The van der Waals surface area contributed by atoms with Crippen LogP contribution >= 0.6 is 11.3 Å². The molecule has 0 saturated heterocycles. The third-order valence-corrected chi connectivity index (χ3v) is 2.86. The van der Waals surface area contributed by atoms with Gasteiger partial charge in [0.25, 0.3) is 5.91 Å². The molecule has 0 aliphatic heterocycles. The molecule has 1 aromatic heterocycles. The first kappa shape index (κ1) is 12.6. The van der Waals surface area contributed by atoms with E-state index in [9.17, 15) is 9.59 Å². The Bertz CT molecular complexity index is 414. The Kier molecular flexibility index (Phi) is 4.00. The number of aromatic nitrogens is 1. The number of carboxylic acid groups (broad SMARTS) is 1. The number of thiazole rings is 1. The Labute approximate surface area is 97.5 Å². The Balaban J connectivity index is 2.65. The standard InChI is InChI=1S/C10H14N2O3S/c1-5(4-8(13)14)11-10(15)9-6(2)16-7(3)12-9/h5H,4H2,1-3H3,(H,11,15)(H,13,14). The Morgan fingerprint density at radius 2 is 2.12 bits per heavy atom. The number of nitrogens with zero attached hydrogens (tertiary/aromatic N) is 1. The van der Waals surface area contributed by atoms with Crippen molar-refractivity contribution in [3.63, 3.8) is 0 Å². The summed E-state index contributed by atoms with van der Waals surface area (Å²) in [5.74, 6) is -1.24. The lowest BCUT2D eigenvalue weighted by Gasteiger charge is -2.10. The van der Waals surface area contributed by atoms with Crippen molar-refractivity contribution in [1.82, 2.24) is 10.3 Å². The summed E-state index contributed by atoms with van der Waals surface area (Å²) in [5.41, 5.74) is 0.389. The summed E-state index contributed by atoms with van der Waals surface area (Å²) in [7, 11) is 0. The number of carboxylic acids is 1. The van der Waals surface area contributed by atoms with Crippen LogP contribution in [-0.2, 0) is 4.79 Å². The minimum absolute atomic E-state index is 0.0894. The molecule has 88 valence electrons. The van der Waals surface area contributed by atoms with E-state index >= 15 is 0 Å². The molecule has 0 aliphatic rings. The minimum atomic E-state index is -0.931. The van der Waals surface area contributed by atoms with Gasteiger partial charge in [-0.2, -0.15) is 0 Å². The monoisotopic (exact) mass is 242 g/mol. The molecule has 1 atom stereocenters. The fourth-order valence-corrected chi connectivity index (χ4v) is 2.16. The van der Waals surface area contributed by atoms with Crippen molar-refractivity contribution in [3.05, 3.63) is 15.6 Å². The van der Waals surface area contributed by atoms with E-state index in [0.717, 1.165) is 9.88 Å². The van der Waals surface area contributed by atoms with Gasteiger partial charge in [0, 0.05) is 10.9 Å². The second-order valence-corrected chi connectivity index (χ2v) is 5.02. The van der Waals surface area contributed by atoms with Gasteiger partial charge < -0.3 is 10.4 Å². The number of aryl methyl sites for hydroxylation is 2. The van der Waals surface area contributed by atoms with Gasteiger partial charge in [-0.25, -0.2) is 4.98 Å². The summed E-state index contributed by atoms with van der Waals surface area (Å²) in [6.07, 6.45) is -0.0894. The second kappa shape index (κ2) is 5.07. The minimum Gasteiger partial charge on any atom is -0.481 e. The zero-order chi connectivity index (χ0) is 12.3. The highest BCUT2D eigenvalue weighted by atomic mass is 32.1. The number of nitrogens with one attached hydrogen (secondary N) is 1. The molecule has 0 radical (unpaired) electrons. The first-order chi connectivity index (χ1) is 7.40. The fourth-order valence-electron chi connectivity index (χ4n) is 1.34. The lowest BCUT2D eigenvalue weighted by molar-refractivity contribution is -0.137. The van der Waals surface area contributed by atoms with E-state index in [1.165, 1.54) is 11.3 Å². The number of amides is 1. The molecule has 1 rings (SSSR count). The second-order valence-electron chi connectivity index (χ2n) is 3.61. The molecule has 0 spiro atoms. The zero-order valence-electron chi connectivity index (χ0n) is 9.40. The number of carbonyl (C=O) groups is 2. The molecule has 6 heteroatoms. The van der Waals surface area contributed by atoms with Gasteiger partial charge in [0.15, 0.2) is 0 Å². The van der Waals surface area contributed by atoms with Crippen molar-refractivity contribution in [2.24, 2.45) is 0 Å². The normalized spacial score (nSPS) is 12.2. The molecule has 5 nitrogen and oxygen atoms in total. The van der Waals surface area contributed by atoms with Gasteiger partial charge in [-0.15, -0.1) is 11.3 Å². The highest BCUT2D eigenvalue weighted by molar-refractivity contribution is 7.11. The molecular weight excluding hydrogens is 228 g/mol. The van der Waals surface area contributed by atoms with Gasteiger partial charge in [-0.05, 0) is 20.8 Å². The molecule has 0 bridgehead atoms. The van der Waals surface area contributed by atoms with Crippen molar-refractivity contribution >= 4 is 23.2 Å². The third kappa shape index (κ3) is 3.30. The van der Waals surface area contributed by atoms with E-state index in [4.69, 9.17) is 5.11 Å². The van der Waals surface area contributed by atoms with Crippen LogP contribution in [0.4, 0.5) is 0 Å². The Hall–Kier alpha value is -1.43.